The summed E-state index contributed by atoms with van der Waals surface area (Å²) in [6.45, 7) is 2.91. The molecule has 0 radical (unpaired) electrons. The van der Waals surface area contributed by atoms with Gasteiger partial charge in [-0.25, -0.2) is 9.97 Å². The van der Waals surface area contributed by atoms with Gasteiger partial charge in [-0.15, -0.1) is 0 Å². The number of hydrogen-bond acceptors (Lipinski definition) is 3. The fourth-order valence-electron chi connectivity index (χ4n) is 2.12. The van der Waals surface area contributed by atoms with Gasteiger partial charge in [0.1, 0.15) is 5.82 Å². The molecule has 1 aliphatic carbocycles. The van der Waals surface area contributed by atoms with E-state index in [4.69, 9.17) is 16.6 Å². The minimum atomic E-state index is 0.590. The summed E-state index contributed by atoms with van der Waals surface area (Å²) in [4.78, 5) is 9.30. The van der Waals surface area contributed by atoms with Crippen LogP contribution in [0.15, 0.2) is 28.7 Å². The lowest BCUT2D eigenvalue weighted by atomic mass is 10.2. The smallest absolute Gasteiger partial charge is 0.162 e. The number of aromatic nitrogens is 2. The molecule has 1 aromatic carbocycles. The Morgan fingerprint density at radius 3 is 2.80 bits per heavy atom. The molecule has 0 unspecified atom stereocenters. The molecule has 1 aromatic heterocycles. The third-order valence-electron chi connectivity index (χ3n) is 3.27. The normalized spacial score (nSPS) is 14.3. The van der Waals surface area contributed by atoms with Crippen molar-refractivity contribution in [3.63, 3.8) is 0 Å². The molecule has 0 amide bonds. The second-order valence-electron chi connectivity index (χ2n) is 4.93. The first kappa shape index (κ1) is 13.8. The molecule has 3 nitrogen and oxygen atoms in total. The largest absolute Gasteiger partial charge is 0.370 e. The van der Waals surface area contributed by atoms with Gasteiger partial charge in [0.15, 0.2) is 5.82 Å². The van der Waals surface area contributed by atoms with Gasteiger partial charge in [-0.05, 0) is 38.0 Å². The van der Waals surface area contributed by atoms with Crippen LogP contribution in [0.4, 0.5) is 5.82 Å². The van der Waals surface area contributed by atoms with Gasteiger partial charge in [-0.3, -0.25) is 0 Å². The number of hydrogen-bond donors (Lipinski definition) is 1. The molecule has 1 saturated carbocycles. The van der Waals surface area contributed by atoms with Crippen LogP contribution < -0.4 is 5.32 Å². The van der Waals surface area contributed by atoms with Crippen LogP contribution in [0.25, 0.3) is 11.4 Å². The van der Waals surface area contributed by atoms with Crippen molar-refractivity contribution in [1.82, 2.24) is 9.97 Å². The van der Waals surface area contributed by atoms with Crippen LogP contribution >= 0.6 is 27.5 Å². The summed E-state index contributed by atoms with van der Waals surface area (Å²) >= 11 is 9.64. The predicted molar refractivity (Wildman–Crippen MR) is 86.3 cm³/mol. The first-order valence-electron chi connectivity index (χ1n) is 6.75. The summed E-state index contributed by atoms with van der Waals surface area (Å²) in [6.07, 6.45) is 2.44. The molecule has 0 spiro atoms. The monoisotopic (exact) mass is 351 g/mol. The van der Waals surface area contributed by atoms with Crippen LogP contribution in [-0.2, 0) is 0 Å². The van der Waals surface area contributed by atoms with E-state index >= 15 is 0 Å². The van der Waals surface area contributed by atoms with E-state index < -0.39 is 0 Å². The number of benzene rings is 1. The standard InChI is InChI=1S/C15H15BrClN3/c1-2-18-14-8-13(9-3-4-9)19-15(20-14)11-7-10(17)5-6-12(11)16/h5-9H,2-4H2,1H3,(H,18,19,20). The molecule has 2 aromatic rings. The molecule has 1 fully saturated rings. The van der Waals surface area contributed by atoms with Crippen LogP contribution in [0.3, 0.4) is 0 Å². The van der Waals surface area contributed by atoms with Crippen LogP contribution in [-0.4, -0.2) is 16.5 Å². The lowest BCUT2D eigenvalue weighted by Crippen LogP contribution is -2.04. The van der Waals surface area contributed by atoms with Gasteiger partial charge < -0.3 is 5.32 Å². The average Bonchev–Trinajstić information content (AvgIpc) is 3.26. The van der Waals surface area contributed by atoms with Gasteiger partial charge in [0.05, 0.1) is 0 Å². The first-order chi connectivity index (χ1) is 9.67. The van der Waals surface area contributed by atoms with Gasteiger partial charge >= 0.3 is 0 Å². The minimum absolute atomic E-state index is 0.590. The highest BCUT2D eigenvalue weighted by Crippen LogP contribution is 2.40. The van der Waals surface area contributed by atoms with Crippen molar-refractivity contribution < 1.29 is 0 Å². The summed E-state index contributed by atoms with van der Waals surface area (Å²) in [7, 11) is 0. The Kier molecular flexibility index (Phi) is 3.94. The van der Waals surface area contributed by atoms with Crippen LogP contribution in [0.5, 0.6) is 0 Å². The van der Waals surface area contributed by atoms with Gasteiger partial charge in [-0.1, -0.05) is 27.5 Å². The van der Waals surface area contributed by atoms with Crippen molar-refractivity contribution in [2.45, 2.75) is 25.7 Å². The molecule has 0 aliphatic heterocycles. The number of nitrogens with one attached hydrogen (secondary N) is 1. The van der Waals surface area contributed by atoms with E-state index in [9.17, 15) is 0 Å². The third kappa shape index (κ3) is 2.96. The van der Waals surface area contributed by atoms with Gasteiger partial charge in [0.25, 0.3) is 0 Å². The SMILES string of the molecule is CCNc1cc(C2CC2)nc(-c2cc(Cl)ccc2Br)n1. The Bertz CT molecular complexity index is 641. The first-order valence-corrected chi connectivity index (χ1v) is 7.92. The molecule has 1 heterocycles. The van der Waals surface area contributed by atoms with Crippen molar-refractivity contribution in [2.24, 2.45) is 0 Å². The highest BCUT2D eigenvalue weighted by atomic mass is 79.9. The quantitative estimate of drug-likeness (QED) is 0.853. The van der Waals surface area contributed by atoms with E-state index in [1.807, 2.05) is 18.2 Å². The maximum Gasteiger partial charge on any atom is 0.162 e. The highest BCUT2D eigenvalue weighted by Gasteiger charge is 2.26. The Labute approximate surface area is 131 Å². The van der Waals surface area contributed by atoms with Crippen LogP contribution in [0.2, 0.25) is 5.02 Å². The molecule has 1 N–H and O–H groups in total. The lowest BCUT2D eigenvalue weighted by molar-refractivity contribution is 0.987. The molecule has 0 atom stereocenters. The maximum atomic E-state index is 6.09. The molecule has 5 heteroatoms. The third-order valence-corrected chi connectivity index (χ3v) is 4.20. The molecule has 104 valence electrons. The lowest BCUT2D eigenvalue weighted by Gasteiger charge is -2.10. The molecule has 0 bridgehead atoms. The van der Waals surface area contributed by atoms with Gasteiger partial charge in [0, 0.05) is 39.3 Å². The number of rotatable bonds is 4. The van der Waals surface area contributed by atoms with Crippen molar-refractivity contribution in [1.29, 1.82) is 0 Å². The van der Waals surface area contributed by atoms with Crippen molar-refractivity contribution >= 4 is 33.3 Å². The Balaban J connectivity index is 2.09. The summed E-state index contributed by atoms with van der Waals surface area (Å²) in [6, 6.07) is 7.74. The van der Waals surface area contributed by atoms with E-state index in [-0.39, 0.29) is 0 Å². The Morgan fingerprint density at radius 2 is 2.10 bits per heavy atom. The Hall–Kier alpha value is -1.13. The zero-order valence-corrected chi connectivity index (χ0v) is 13.5. The zero-order valence-electron chi connectivity index (χ0n) is 11.2. The van der Waals surface area contributed by atoms with E-state index in [0.29, 0.717) is 10.9 Å². The second-order valence-corrected chi connectivity index (χ2v) is 6.22. The minimum Gasteiger partial charge on any atom is -0.370 e. The van der Waals surface area contributed by atoms with E-state index in [2.05, 4.69) is 39.2 Å². The maximum absolute atomic E-state index is 6.09. The van der Waals surface area contributed by atoms with Crippen molar-refractivity contribution in [3.05, 3.63) is 39.5 Å². The molecule has 0 saturated heterocycles. The predicted octanol–water partition coefficient (Wildman–Crippen LogP) is 4.87. The van der Waals surface area contributed by atoms with Crippen LogP contribution in [0, 0.1) is 0 Å². The number of anilines is 1. The van der Waals surface area contributed by atoms with Gasteiger partial charge in [-0.2, -0.15) is 0 Å². The molecule has 3 rings (SSSR count). The molecular formula is C15H15BrClN3. The molecule has 20 heavy (non-hydrogen) atoms. The van der Waals surface area contributed by atoms with Crippen molar-refractivity contribution in [3.8, 4) is 11.4 Å². The summed E-state index contributed by atoms with van der Waals surface area (Å²) in [5, 5.41) is 3.96. The van der Waals surface area contributed by atoms with E-state index in [0.717, 1.165) is 33.9 Å². The number of halogens is 2. The average molecular weight is 353 g/mol. The number of nitrogens with zero attached hydrogens (tertiary/aromatic N) is 2. The fraction of sp³-hybridized carbons (Fsp3) is 0.333. The fourth-order valence-corrected chi connectivity index (χ4v) is 2.71. The summed E-state index contributed by atoms with van der Waals surface area (Å²) in [5.41, 5.74) is 2.05. The van der Waals surface area contributed by atoms with Gasteiger partial charge in [0.2, 0.25) is 0 Å². The van der Waals surface area contributed by atoms with E-state index in [1.54, 1.807) is 0 Å². The molecular weight excluding hydrogens is 338 g/mol. The zero-order chi connectivity index (χ0) is 14.1. The van der Waals surface area contributed by atoms with Crippen molar-refractivity contribution in [2.75, 3.05) is 11.9 Å². The molecule has 1 aliphatic rings. The summed E-state index contributed by atoms with van der Waals surface area (Å²) < 4.78 is 0.956. The van der Waals surface area contributed by atoms with Crippen LogP contribution in [0.1, 0.15) is 31.4 Å². The van der Waals surface area contributed by atoms with E-state index in [1.165, 1.54) is 12.8 Å². The highest BCUT2D eigenvalue weighted by molar-refractivity contribution is 9.10. The summed E-state index contributed by atoms with van der Waals surface area (Å²) in [5.74, 6) is 2.19. The Morgan fingerprint density at radius 1 is 1.30 bits per heavy atom. The topological polar surface area (TPSA) is 37.8 Å². The second kappa shape index (κ2) is 5.70.